The molecule has 6 heteroatoms. The lowest BCUT2D eigenvalue weighted by atomic mass is 9.95. The third-order valence-corrected chi connectivity index (χ3v) is 7.25. The molecule has 1 N–H and O–H groups in total. The van der Waals surface area contributed by atoms with Gasteiger partial charge < -0.3 is 10.2 Å². The summed E-state index contributed by atoms with van der Waals surface area (Å²) in [7, 11) is 0. The van der Waals surface area contributed by atoms with E-state index in [0.29, 0.717) is 25.6 Å². The first-order valence-electron chi connectivity index (χ1n) is 11.0. The predicted octanol–water partition coefficient (Wildman–Crippen LogP) is 3.69. The smallest absolute Gasteiger partial charge is 0.264 e. The fourth-order valence-electron chi connectivity index (χ4n) is 4.83. The number of aryl methyl sites for hydroxylation is 1. The molecule has 1 aliphatic heterocycles. The Labute approximate surface area is 183 Å². The van der Waals surface area contributed by atoms with Crippen LogP contribution < -0.4 is 5.32 Å². The van der Waals surface area contributed by atoms with Crippen molar-refractivity contribution in [3.63, 3.8) is 0 Å². The molecular weight excluding hydrogens is 394 g/mol. The minimum atomic E-state index is -0.0868. The predicted molar refractivity (Wildman–Crippen MR) is 121 cm³/mol. The van der Waals surface area contributed by atoms with Crippen molar-refractivity contribution in [1.82, 2.24) is 15.1 Å². The molecule has 1 atom stereocenters. The number of thiophene rings is 1. The van der Waals surface area contributed by atoms with Gasteiger partial charge in [-0.3, -0.25) is 14.5 Å². The van der Waals surface area contributed by atoms with E-state index in [1.807, 2.05) is 28.5 Å². The Morgan fingerprint density at radius 2 is 1.87 bits per heavy atom. The number of carbonyl (C=O) groups is 2. The number of rotatable bonds is 6. The Kier molecular flexibility index (Phi) is 6.85. The Morgan fingerprint density at radius 1 is 1.10 bits per heavy atom. The maximum Gasteiger partial charge on any atom is 0.264 e. The van der Waals surface area contributed by atoms with Crippen LogP contribution in [0.15, 0.2) is 41.8 Å². The number of nitrogens with one attached hydrogen (secondary N) is 1. The van der Waals surface area contributed by atoms with Crippen LogP contribution in [-0.2, 0) is 11.3 Å². The van der Waals surface area contributed by atoms with E-state index < -0.39 is 0 Å². The molecule has 1 aromatic heterocycles. The molecular formula is C24H31N3O2S. The Balaban J connectivity index is 1.38. The van der Waals surface area contributed by atoms with Gasteiger partial charge >= 0.3 is 0 Å². The fourth-order valence-corrected chi connectivity index (χ4v) is 5.52. The van der Waals surface area contributed by atoms with Gasteiger partial charge in [0.1, 0.15) is 0 Å². The topological polar surface area (TPSA) is 52.7 Å². The van der Waals surface area contributed by atoms with Crippen molar-refractivity contribution in [3.05, 3.63) is 57.8 Å². The first-order valence-corrected chi connectivity index (χ1v) is 11.9. The average Bonchev–Trinajstić information content (AvgIpc) is 3.47. The molecule has 2 amide bonds. The molecule has 1 aliphatic carbocycles. The quantitative estimate of drug-likeness (QED) is 0.768. The van der Waals surface area contributed by atoms with Gasteiger partial charge in [0.15, 0.2) is 0 Å². The molecule has 2 heterocycles. The van der Waals surface area contributed by atoms with E-state index in [1.165, 1.54) is 29.7 Å². The van der Waals surface area contributed by atoms with Gasteiger partial charge in [-0.25, -0.2) is 0 Å². The third kappa shape index (κ3) is 4.93. The zero-order valence-corrected chi connectivity index (χ0v) is 18.5. The first kappa shape index (κ1) is 21.1. The maximum absolute atomic E-state index is 13.3. The number of piperazine rings is 1. The van der Waals surface area contributed by atoms with Crippen molar-refractivity contribution < 1.29 is 9.59 Å². The van der Waals surface area contributed by atoms with E-state index in [4.69, 9.17) is 0 Å². The van der Waals surface area contributed by atoms with Crippen LogP contribution in [0.5, 0.6) is 0 Å². The maximum atomic E-state index is 13.3. The van der Waals surface area contributed by atoms with Gasteiger partial charge in [0.25, 0.3) is 5.91 Å². The summed E-state index contributed by atoms with van der Waals surface area (Å²) in [6, 6.07) is 12.0. The number of carbonyl (C=O) groups excluding carboxylic acids is 2. The molecule has 0 radical (unpaired) electrons. The summed E-state index contributed by atoms with van der Waals surface area (Å²) < 4.78 is 0. The molecule has 0 spiro atoms. The third-order valence-electron chi connectivity index (χ3n) is 6.39. The van der Waals surface area contributed by atoms with Crippen molar-refractivity contribution in [3.8, 4) is 0 Å². The molecule has 30 heavy (non-hydrogen) atoms. The lowest BCUT2D eigenvalue weighted by Crippen LogP contribution is -2.57. The summed E-state index contributed by atoms with van der Waals surface area (Å²) >= 11 is 1.49. The van der Waals surface area contributed by atoms with E-state index in [2.05, 4.69) is 35.3 Å². The SMILES string of the molecule is Cc1cccc(CNC(=O)C(C2CCCC2)N2CCN(C(=O)c3cccs3)CC2)c1. The number of hydrogen-bond acceptors (Lipinski definition) is 4. The molecule has 1 aromatic carbocycles. The van der Waals surface area contributed by atoms with E-state index in [1.54, 1.807) is 0 Å². The van der Waals surface area contributed by atoms with Gasteiger partial charge in [0, 0.05) is 32.7 Å². The number of amides is 2. The standard InChI is InChI=1S/C24H31N3O2S/c1-18-6-4-7-19(16-18)17-25-23(28)22(20-8-2-3-9-20)26-11-13-27(14-12-26)24(29)21-10-5-15-30-21/h4-7,10,15-16,20,22H,2-3,8-9,11-14,17H2,1H3,(H,25,28). The van der Waals surface area contributed by atoms with Gasteiger partial charge in [-0.05, 0) is 42.7 Å². The highest BCUT2D eigenvalue weighted by Crippen LogP contribution is 2.31. The second-order valence-electron chi connectivity index (χ2n) is 8.50. The summed E-state index contributed by atoms with van der Waals surface area (Å²) in [6.07, 6.45) is 4.67. The van der Waals surface area contributed by atoms with Crippen molar-refractivity contribution >= 4 is 23.2 Å². The van der Waals surface area contributed by atoms with Crippen LogP contribution in [0.3, 0.4) is 0 Å². The van der Waals surface area contributed by atoms with Gasteiger partial charge in [-0.2, -0.15) is 0 Å². The lowest BCUT2D eigenvalue weighted by molar-refractivity contribution is -0.129. The molecule has 2 aromatic rings. The Hall–Kier alpha value is -2.18. The number of nitrogens with zero attached hydrogens (tertiary/aromatic N) is 2. The van der Waals surface area contributed by atoms with Crippen molar-refractivity contribution in [2.75, 3.05) is 26.2 Å². The van der Waals surface area contributed by atoms with Crippen LogP contribution >= 0.6 is 11.3 Å². The minimum absolute atomic E-state index is 0.0868. The monoisotopic (exact) mass is 425 g/mol. The van der Waals surface area contributed by atoms with Crippen LogP contribution in [0.1, 0.15) is 46.5 Å². The number of hydrogen-bond donors (Lipinski definition) is 1. The zero-order chi connectivity index (χ0) is 20.9. The molecule has 2 fully saturated rings. The van der Waals surface area contributed by atoms with E-state index in [9.17, 15) is 9.59 Å². The van der Waals surface area contributed by atoms with Crippen LogP contribution in [0.2, 0.25) is 0 Å². The van der Waals surface area contributed by atoms with E-state index in [-0.39, 0.29) is 17.9 Å². The molecule has 1 saturated carbocycles. The van der Waals surface area contributed by atoms with Gasteiger partial charge in [0.2, 0.25) is 5.91 Å². The summed E-state index contributed by atoms with van der Waals surface area (Å²) in [5.41, 5.74) is 2.35. The van der Waals surface area contributed by atoms with Crippen molar-refractivity contribution in [2.45, 2.75) is 45.2 Å². The summed E-state index contributed by atoms with van der Waals surface area (Å²) in [6.45, 7) is 5.53. The van der Waals surface area contributed by atoms with Crippen LogP contribution in [0.4, 0.5) is 0 Å². The highest BCUT2D eigenvalue weighted by molar-refractivity contribution is 7.12. The Bertz CT molecular complexity index is 853. The molecule has 4 rings (SSSR count). The van der Waals surface area contributed by atoms with Crippen molar-refractivity contribution in [1.29, 1.82) is 0 Å². The first-order chi connectivity index (χ1) is 14.6. The van der Waals surface area contributed by atoms with Gasteiger partial charge in [0.05, 0.1) is 10.9 Å². The van der Waals surface area contributed by atoms with E-state index in [0.717, 1.165) is 36.4 Å². The second kappa shape index (κ2) is 9.75. The lowest BCUT2D eigenvalue weighted by Gasteiger charge is -2.40. The van der Waals surface area contributed by atoms with Gasteiger partial charge in [-0.15, -0.1) is 11.3 Å². The van der Waals surface area contributed by atoms with Crippen molar-refractivity contribution in [2.24, 2.45) is 5.92 Å². The molecule has 0 bridgehead atoms. The summed E-state index contributed by atoms with van der Waals surface area (Å²) in [4.78, 5) is 31.0. The molecule has 5 nitrogen and oxygen atoms in total. The molecule has 160 valence electrons. The van der Waals surface area contributed by atoms with Crippen LogP contribution in [0.25, 0.3) is 0 Å². The molecule has 1 saturated heterocycles. The van der Waals surface area contributed by atoms with Crippen LogP contribution in [0, 0.1) is 12.8 Å². The highest BCUT2D eigenvalue weighted by Gasteiger charge is 2.37. The second-order valence-corrected chi connectivity index (χ2v) is 9.45. The largest absolute Gasteiger partial charge is 0.351 e. The normalized spacial score (nSPS) is 19.0. The fraction of sp³-hybridized carbons (Fsp3) is 0.500. The zero-order valence-electron chi connectivity index (χ0n) is 17.7. The highest BCUT2D eigenvalue weighted by atomic mass is 32.1. The summed E-state index contributed by atoms with van der Waals surface area (Å²) in [5.74, 6) is 0.675. The minimum Gasteiger partial charge on any atom is -0.351 e. The average molecular weight is 426 g/mol. The summed E-state index contributed by atoms with van der Waals surface area (Å²) in [5, 5.41) is 5.14. The molecule has 1 unspecified atom stereocenters. The molecule has 2 aliphatic rings. The van der Waals surface area contributed by atoms with Gasteiger partial charge in [-0.1, -0.05) is 48.7 Å². The van der Waals surface area contributed by atoms with Crippen LogP contribution in [-0.4, -0.2) is 53.8 Å². The number of benzene rings is 1. The van der Waals surface area contributed by atoms with E-state index >= 15 is 0 Å². The Morgan fingerprint density at radius 3 is 2.53 bits per heavy atom.